The predicted octanol–water partition coefficient (Wildman–Crippen LogP) is 1.77. The first-order valence-electron chi connectivity index (χ1n) is 5.86. The fraction of sp³-hybridized carbons (Fsp3) is 0.417. The SMILES string of the molecule is CCC(C)(CNc1nccc(C#N)c1[N+](=O)[O-])C(=O)O. The highest BCUT2D eigenvalue weighted by Crippen LogP contribution is 2.28. The Morgan fingerprint density at radius 2 is 2.35 bits per heavy atom. The van der Waals surface area contributed by atoms with Gasteiger partial charge in [0.15, 0.2) is 0 Å². The number of nitrogens with one attached hydrogen (secondary N) is 1. The van der Waals surface area contributed by atoms with Crippen molar-refractivity contribution in [3.8, 4) is 6.07 Å². The summed E-state index contributed by atoms with van der Waals surface area (Å²) in [7, 11) is 0. The summed E-state index contributed by atoms with van der Waals surface area (Å²) in [5, 5.41) is 31.6. The minimum atomic E-state index is -1.07. The van der Waals surface area contributed by atoms with Crippen LogP contribution >= 0.6 is 0 Å². The highest BCUT2D eigenvalue weighted by Gasteiger charge is 2.32. The number of carboxylic acid groups (broad SMARTS) is 1. The summed E-state index contributed by atoms with van der Waals surface area (Å²) >= 11 is 0. The van der Waals surface area contributed by atoms with Gasteiger partial charge in [-0.1, -0.05) is 6.92 Å². The molecule has 1 unspecified atom stereocenters. The molecular formula is C12H14N4O4. The zero-order chi connectivity index (χ0) is 15.3. The minimum Gasteiger partial charge on any atom is -0.481 e. The third-order valence-corrected chi connectivity index (χ3v) is 3.17. The second kappa shape index (κ2) is 5.97. The number of nitrogens with zero attached hydrogens (tertiary/aromatic N) is 3. The highest BCUT2D eigenvalue weighted by atomic mass is 16.6. The summed E-state index contributed by atoms with van der Waals surface area (Å²) in [6, 6.07) is 2.95. The topological polar surface area (TPSA) is 129 Å². The Hall–Kier alpha value is -2.69. The Morgan fingerprint density at radius 1 is 1.70 bits per heavy atom. The van der Waals surface area contributed by atoms with E-state index in [0.717, 1.165) is 0 Å². The van der Waals surface area contributed by atoms with Crippen LogP contribution in [0.25, 0.3) is 0 Å². The molecule has 0 amide bonds. The van der Waals surface area contributed by atoms with Gasteiger partial charge in [0.05, 0.1) is 10.3 Å². The first kappa shape index (κ1) is 15.4. The molecule has 0 saturated carbocycles. The molecule has 0 saturated heterocycles. The van der Waals surface area contributed by atoms with Gasteiger partial charge in [0.1, 0.15) is 11.6 Å². The molecule has 1 aromatic heterocycles. The fourth-order valence-electron chi connectivity index (χ4n) is 1.49. The number of hydrogen-bond donors (Lipinski definition) is 2. The number of aliphatic carboxylic acids is 1. The van der Waals surface area contributed by atoms with Crippen LogP contribution in [-0.4, -0.2) is 27.5 Å². The van der Waals surface area contributed by atoms with Crippen molar-refractivity contribution in [2.45, 2.75) is 20.3 Å². The molecule has 1 aromatic rings. The molecule has 20 heavy (non-hydrogen) atoms. The molecular weight excluding hydrogens is 264 g/mol. The maximum absolute atomic E-state index is 11.2. The molecule has 1 heterocycles. The van der Waals surface area contributed by atoms with Crippen LogP contribution in [0.15, 0.2) is 12.3 Å². The summed E-state index contributed by atoms with van der Waals surface area (Å²) in [6.07, 6.45) is 1.61. The van der Waals surface area contributed by atoms with Gasteiger partial charge >= 0.3 is 11.7 Å². The number of carbonyl (C=O) groups is 1. The molecule has 106 valence electrons. The average Bonchev–Trinajstić information content (AvgIpc) is 2.43. The van der Waals surface area contributed by atoms with Gasteiger partial charge in [0, 0.05) is 12.7 Å². The monoisotopic (exact) mass is 278 g/mol. The van der Waals surface area contributed by atoms with Crippen molar-refractivity contribution in [2.24, 2.45) is 5.41 Å². The quantitative estimate of drug-likeness (QED) is 0.599. The summed E-state index contributed by atoms with van der Waals surface area (Å²) in [5.41, 5.74) is -1.64. The van der Waals surface area contributed by atoms with Gasteiger partial charge in [-0.05, 0) is 19.4 Å². The highest BCUT2D eigenvalue weighted by molar-refractivity contribution is 5.75. The first-order chi connectivity index (χ1) is 9.35. The number of pyridine rings is 1. The molecule has 0 fully saturated rings. The number of anilines is 1. The smallest absolute Gasteiger partial charge is 0.328 e. The normalized spacial score (nSPS) is 13.1. The molecule has 0 aromatic carbocycles. The molecule has 0 aliphatic carbocycles. The van der Waals surface area contributed by atoms with Crippen molar-refractivity contribution < 1.29 is 14.8 Å². The van der Waals surface area contributed by atoms with Gasteiger partial charge in [-0.2, -0.15) is 5.26 Å². The van der Waals surface area contributed by atoms with Crippen LogP contribution < -0.4 is 5.32 Å². The third-order valence-electron chi connectivity index (χ3n) is 3.17. The molecule has 8 heteroatoms. The van der Waals surface area contributed by atoms with E-state index in [1.54, 1.807) is 13.0 Å². The molecule has 0 aliphatic rings. The third kappa shape index (κ3) is 3.00. The second-order valence-corrected chi connectivity index (χ2v) is 4.50. The van der Waals surface area contributed by atoms with E-state index in [1.165, 1.54) is 19.2 Å². The van der Waals surface area contributed by atoms with Crippen LogP contribution in [-0.2, 0) is 4.79 Å². The number of nitro groups is 1. The molecule has 1 atom stereocenters. The minimum absolute atomic E-state index is 0.0262. The summed E-state index contributed by atoms with van der Waals surface area (Å²) < 4.78 is 0. The zero-order valence-electron chi connectivity index (χ0n) is 11.1. The Kier molecular flexibility index (Phi) is 4.59. The van der Waals surface area contributed by atoms with Crippen molar-refractivity contribution >= 4 is 17.5 Å². The van der Waals surface area contributed by atoms with Crippen molar-refractivity contribution in [3.63, 3.8) is 0 Å². The maximum Gasteiger partial charge on any atom is 0.328 e. The molecule has 2 N–H and O–H groups in total. The molecule has 1 rings (SSSR count). The van der Waals surface area contributed by atoms with E-state index in [9.17, 15) is 14.9 Å². The number of rotatable bonds is 6. The van der Waals surface area contributed by atoms with E-state index in [-0.39, 0.29) is 17.9 Å². The zero-order valence-corrected chi connectivity index (χ0v) is 11.1. The molecule has 0 aliphatic heterocycles. The number of hydrogen-bond acceptors (Lipinski definition) is 6. The average molecular weight is 278 g/mol. The Morgan fingerprint density at radius 3 is 2.80 bits per heavy atom. The molecule has 8 nitrogen and oxygen atoms in total. The second-order valence-electron chi connectivity index (χ2n) is 4.50. The lowest BCUT2D eigenvalue weighted by atomic mass is 9.88. The van der Waals surface area contributed by atoms with Gasteiger partial charge < -0.3 is 10.4 Å². The summed E-state index contributed by atoms with van der Waals surface area (Å²) in [5.74, 6) is -1.11. The van der Waals surface area contributed by atoms with Crippen molar-refractivity contribution in [1.29, 1.82) is 5.26 Å². The molecule has 0 radical (unpaired) electrons. The van der Waals surface area contributed by atoms with E-state index < -0.39 is 22.0 Å². The van der Waals surface area contributed by atoms with E-state index in [2.05, 4.69) is 10.3 Å². The van der Waals surface area contributed by atoms with Crippen molar-refractivity contribution in [2.75, 3.05) is 11.9 Å². The van der Waals surface area contributed by atoms with Gasteiger partial charge in [-0.3, -0.25) is 14.9 Å². The van der Waals surface area contributed by atoms with E-state index in [0.29, 0.717) is 6.42 Å². The lowest BCUT2D eigenvalue weighted by Gasteiger charge is -2.23. The standard InChI is InChI=1S/C12H14N4O4/c1-3-12(2,11(17)18)7-15-10-9(16(19)20)8(6-13)4-5-14-10/h4-5H,3,7H2,1-2H3,(H,14,15)(H,17,18). The van der Waals surface area contributed by atoms with Crippen LogP contribution in [0.4, 0.5) is 11.5 Å². The van der Waals surface area contributed by atoms with E-state index in [4.69, 9.17) is 10.4 Å². The van der Waals surface area contributed by atoms with Crippen LogP contribution in [0.5, 0.6) is 0 Å². The predicted molar refractivity (Wildman–Crippen MR) is 70.1 cm³/mol. The van der Waals surface area contributed by atoms with Crippen LogP contribution in [0.1, 0.15) is 25.8 Å². The molecule has 0 spiro atoms. The van der Waals surface area contributed by atoms with Crippen LogP contribution in [0, 0.1) is 26.9 Å². The van der Waals surface area contributed by atoms with Crippen LogP contribution in [0.3, 0.4) is 0 Å². The van der Waals surface area contributed by atoms with Gasteiger partial charge in [-0.25, -0.2) is 4.98 Å². The summed E-state index contributed by atoms with van der Waals surface area (Å²) in [4.78, 5) is 25.3. The number of aromatic nitrogens is 1. The maximum atomic E-state index is 11.2. The van der Waals surface area contributed by atoms with Gasteiger partial charge in [0.25, 0.3) is 0 Å². The molecule has 0 bridgehead atoms. The van der Waals surface area contributed by atoms with E-state index >= 15 is 0 Å². The lowest BCUT2D eigenvalue weighted by molar-refractivity contribution is -0.384. The lowest BCUT2D eigenvalue weighted by Crippen LogP contribution is -2.34. The van der Waals surface area contributed by atoms with Crippen molar-refractivity contribution in [3.05, 3.63) is 27.9 Å². The van der Waals surface area contributed by atoms with Crippen molar-refractivity contribution in [1.82, 2.24) is 4.98 Å². The Labute approximate surface area is 115 Å². The van der Waals surface area contributed by atoms with Crippen LogP contribution in [0.2, 0.25) is 0 Å². The number of carboxylic acids is 1. The van der Waals surface area contributed by atoms with E-state index in [1.807, 2.05) is 0 Å². The van der Waals surface area contributed by atoms with Gasteiger partial charge in [0.2, 0.25) is 5.82 Å². The summed E-state index contributed by atoms with van der Waals surface area (Å²) in [6.45, 7) is 3.22. The number of nitriles is 1. The fourth-order valence-corrected chi connectivity index (χ4v) is 1.49. The first-order valence-corrected chi connectivity index (χ1v) is 5.86. The largest absolute Gasteiger partial charge is 0.481 e. The Bertz CT molecular complexity index is 581. The van der Waals surface area contributed by atoms with Gasteiger partial charge in [-0.15, -0.1) is 0 Å². The Balaban J connectivity index is 3.08.